The number of methoxy groups -OCH3 is 1. The molecule has 0 bridgehead atoms. The molecule has 1 aromatic heterocycles. The van der Waals surface area contributed by atoms with Gasteiger partial charge in [-0.1, -0.05) is 12.1 Å². The molecule has 26 heavy (non-hydrogen) atoms. The van der Waals surface area contributed by atoms with Gasteiger partial charge in [0.05, 0.1) is 16.8 Å². The van der Waals surface area contributed by atoms with E-state index in [2.05, 4.69) is 27.5 Å². The predicted octanol–water partition coefficient (Wildman–Crippen LogP) is 3.61. The maximum absolute atomic E-state index is 13.0. The number of nitrogens with zero attached hydrogens (tertiary/aromatic N) is 2. The van der Waals surface area contributed by atoms with Crippen LogP contribution in [0.2, 0.25) is 0 Å². The van der Waals surface area contributed by atoms with Gasteiger partial charge in [-0.15, -0.1) is 35.3 Å². The van der Waals surface area contributed by atoms with Crippen molar-refractivity contribution in [3.8, 4) is 0 Å². The Morgan fingerprint density at radius 3 is 2.50 bits per heavy atom. The summed E-state index contributed by atoms with van der Waals surface area (Å²) in [5, 5.41) is 7.64. The molecule has 2 aromatic rings. The summed E-state index contributed by atoms with van der Waals surface area (Å²) in [5.41, 5.74) is 2.02. The van der Waals surface area contributed by atoms with Crippen LogP contribution in [0.1, 0.15) is 27.2 Å². The van der Waals surface area contributed by atoms with E-state index in [9.17, 15) is 4.39 Å². The third-order valence-electron chi connectivity index (χ3n) is 3.91. The number of nitrogens with one attached hydrogen (secondary N) is 2. The summed E-state index contributed by atoms with van der Waals surface area (Å²) in [6.45, 7) is 5.41. The van der Waals surface area contributed by atoms with Crippen molar-refractivity contribution in [2.45, 2.75) is 26.4 Å². The van der Waals surface area contributed by atoms with E-state index in [-0.39, 0.29) is 35.9 Å². The molecule has 0 fully saturated rings. The molecule has 0 saturated heterocycles. The van der Waals surface area contributed by atoms with Gasteiger partial charge < -0.3 is 15.4 Å². The highest BCUT2D eigenvalue weighted by Gasteiger charge is 2.11. The lowest BCUT2D eigenvalue weighted by atomic mass is 10.1. The molecule has 1 heterocycles. The zero-order valence-corrected chi connectivity index (χ0v) is 18.7. The molecule has 0 radical (unpaired) electrons. The van der Waals surface area contributed by atoms with Crippen molar-refractivity contribution in [3.63, 3.8) is 0 Å². The number of rotatable bonds is 7. The van der Waals surface area contributed by atoms with Crippen molar-refractivity contribution in [3.05, 3.63) is 51.2 Å². The molecule has 1 unspecified atom stereocenters. The molecule has 0 spiro atoms. The zero-order valence-electron chi connectivity index (χ0n) is 15.5. The van der Waals surface area contributed by atoms with Gasteiger partial charge in [0.2, 0.25) is 0 Å². The van der Waals surface area contributed by atoms with Gasteiger partial charge in [0.1, 0.15) is 5.82 Å². The monoisotopic (exact) mass is 492 g/mol. The number of halogens is 2. The van der Waals surface area contributed by atoms with Crippen LogP contribution >= 0.6 is 35.3 Å². The summed E-state index contributed by atoms with van der Waals surface area (Å²) in [6.07, 6.45) is 0.675. The van der Waals surface area contributed by atoms with Gasteiger partial charge in [-0.2, -0.15) is 0 Å². The summed E-state index contributed by atoms with van der Waals surface area (Å²) in [4.78, 5) is 10.0. The fourth-order valence-corrected chi connectivity index (χ4v) is 3.29. The summed E-state index contributed by atoms with van der Waals surface area (Å²) >= 11 is 1.73. The minimum Gasteiger partial charge on any atom is -0.375 e. The Morgan fingerprint density at radius 1 is 1.27 bits per heavy atom. The number of aromatic nitrogens is 1. The molecule has 0 aliphatic rings. The molecule has 144 valence electrons. The highest BCUT2D eigenvalue weighted by molar-refractivity contribution is 14.0. The summed E-state index contributed by atoms with van der Waals surface area (Å²) in [5.74, 6) is 0.450. The van der Waals surface area contributed by atoms with Gasteiger partial charge in [0.15, 0.2) is 5.96 Å². The number of thiazole rings is 1. The number of hydrogen-bond donors (Lipinski definition) is 2. The Bertz CT molecular complexity index is 686. The molecule has 0 saturated carbocycles. The average Bonchev–Trinajstić information content (AvgIpc) is 2.93. The first-order valence-corrected chi connectivity index (χ1v) is 9.00. The van der Waals surface area contributed by atoms with Crippen molar-refractivity contribution >= 4 is 41.3 Å². The van der Waals surface area contributed by atoms with Crippen molar-refractivity contribution in [1.29, 1.82) is 0 Å². The summed E-state index contributed by atoms with van der Waals surface area (Å²) in [6, 6.07) is 6.34. The van der Waals surface area contributed by atoms with Gasteiger partial charge in [0, 0.05) is 38.5 Å². The Hall–Kier alpha value is -1.26. The Balaban J connectivity index is 0.00000338. The van der Waals surface area contributed by atoms with Crippen LogP contribution in [0.5, 0.6) is 0 Å². The van der Waals surface area contributed by atoms with Crippen molar-refractivity contribution < 1.29 is 9.13 Å². The number of hydrogen-bond acceptors (Lipinski definition) is 4. The topological polar surface area (TPSA) is 58.5 Å². The minimum absolute atomic E-state index is 0. The number of ether oxygens (including phenoxy) is 1. The quantitative estimate of drug-likeness (QED) is 0.352. The SMILES string of the molecule is CN=C(NCCc1nc(C)c(C)s1)NCC(OC)c1ccc(F)cc1.I. The number of benzene rings is 1. The average molecular weight is 492 g/mol. The zero-order chi connectivity index (χ0) is 18.2. The predicted molar refractivity (Wildman–Crippen MR) is 116 cm³/mol. The molecule has 0 amide bonds. The van der Waals surface area contributed by atoms with Crippen LogP contribution in [-0.4, -0.2) is 38.2 Å². The van der Waals surface area contributed by atoms with Gasteiger partial charge in [-0.05, 0) is 31.5 Å². The van der Waals surface area contributed by atoms with E-state index in [1.54, 1.807) is 37.6 Å². The van der Waals surface area contributed by atoms with Crippen molar-refractivity contribution in [2.75, 3.05) is 27.2 Å². The second-order valence-corrected chi connectivity index (χ2v) is 6.94. The second kappa shape index (κ2) is 11.5. The molecule has 1 atom stereocenters. The lowest BCUT2D eigenvalue weighted by Gasteiger charge is -2.18. The van der Waals surface area contributed by atoms with E-state index in [0.29, 0.717) is 12.5 Å². The van der Waals surface area contributed by atoms with Gasteiger partial charge in [-0.3, -0.25) is 4.99 Å². The molecule has 0 aliphatic heterocycles. The largest absolute Gasteiger partial charge is 0.375 e. The molecular formula is C18H26FIN4OS. The molecular weight excluding hydrogens is 466 g/mol. The Morgan fingerprint density at radius 2 is 1.96 bits per heavy atom. The standard InChI is InChI=1S/C18H25FN4OS.HI/c1-12-13(2)25-17(23-12)9-10-21-18(20-3)22-11-16(24-4)14-5-7-15(19)8-6-14;/h5-8,16H,9-11H2,1-4H3,(H2,20,21,22);1H. The molecule has 2 rings (SSSR count). The highest BCUT2D eigenvalue weighted by Crippen LogP contribution is 2.17. The first kappa shape index (κ1) is 22.8. The highest BCUT2D eigenvalue weighted by atomic mass is 127. The molecule has 1 aromatic carbocycles. The number of aryl methyl sites for hydroxylation is 2. The second-order valence-electron chi connectivity index (χ2n) is 5.65. The fourth-order valence-electron chi connectivity index (χ4n) is 2.36. The third kappa shape index (κ3) is 6.81. The van der Waals surface area contributed by atoms with Crippen LogP contribution < -0.4 is 10.6 Å². The molecule has 2 N–H and O–H groups in total. The Labute approximate surface area is 175 Å². The fraction of sp³-hybridized carbons (Fsp3) is 0.444. The molecule has 8 heteroatoms. The van der Waals surface area contributed by atoms with Crippen LogP contribution in [0.3, 0.4) is 0 Å². The van der Waals surface area contributed by atoms with Gasteiger partial charge >= 0.3 is 0 Å². The maximum atomic E-state index is 13.0. The Kier molecular flexibility index (Phi) is 10.0. The van der Waals surface area contributed by atoms with Crippen LogP contribution in [0, 0.1) is 19.7 Å². The number of aliphatic imine (C=N–C) groups is 1. The van der Waals surface area contributed by atoms with Crippen LogP contribution in [0.25, 0.3) is 0 Å². The third-order valence-corrected chi connectivity index (χ3v) is 5.04. The van der Waals surface area contributed by atoms with Crippen LogP contribution in [0.4, 0.5) is 4.39 Å². The first-order valence-electron chi connectivity index (χ1n) is 8.19. The van der Waals surface area contributed by atoms with E-state index >= 15 is 0 Å². The summed E-state index contributed by atoms with van der Waals surface area (Å²) < 4.78 is 18.5. The van der Waals surface area contributed by atoms with Crippen LogP contribution in [0.15, 0.2) is 29.3 Å². The summed E-state index contributed by atoms with van der Waals surface area (Å²) in [7, 11) is 3.37. The van der Waals surface area contributed by atoms with Crippen LogP contribution in [-0.2, 0) is 11.2 Å². The number of guanidine groups is 1. The normalized spacial score (nSPS) is 12.4. The van der Waals surface area contributed by atoms with E-state index in [1.807, 2.05) is 6.92 Å². The van der Waals surface area contributed by atoms with E-state index in [1.165, 1.54) is 17.0 Å². The van der Waals surface area contributed by atoms with E-state index in [0.717, 1.165) is 29.2 Å². The molecule has 5 nitrogen and oxygen atoms in total. The van der Waals surface area contributed by atoms with Gasteiger partial charge in [-0.25, -0.2) is 9.37 Å². The smallest absolute Gasteiger partial charge is 0.191 e. The van der Waals surface area contributed by atoms with E-state index < -0.39 is 0 Å². The lowest BCUT2D eigenvalue weighted by molar-refractivity contribution is 0.106. The lowest BCUT2D eigenvalue weighted by Crippen LogP contribution is -2.40. The maximum Gasteiger partial charge on any atom is 0.191 e. The molecule has 0 aliphatic carbocycles. The minimum atomic E-state index is -0.253. The van der Waals surface area contributed by atoms with Crippen molar-refractivity contribution in [2.24, 2.45) is 4.99 Å². The van der Waals surface area contributed by atoms with Gasteiger partial charge in [0.25, 0.3) is 0 Å². The first-order chi connectivity index (χ1) is 12.0. The van der Waals surface area contributed by atoms with Crippen molar-refractivity contribution in [1.82, 2.24) is 15.6 Å². The van der Waals surface area contributed by atoms with E-state index in [4.69, 9.17) is 4.74 Å².